The SMILES string of the molecule is CCC(=O)OC1CCCC2CC3C(=CCC21C)C1(C)CCC(=O)C=C1CC3C. The second kappa shape index (κ2) is 7.15. The van der Waals surface area contributed by atoms with Gasteiger partial charge in [0.05, 0.1) is 0 Å². The predicted molar refractivity (Wildman–Crippen MR) is 111 cm³/mol. The Balaban J connectivity index is 1.70. The summed E-state index contributed by atoms with van der Waals surface area (Å²) in [7, 11) is 0. The van der Waals surface area contributed by atoms with Crippen LogP contribution in [0, 0.1) is 28.6 Å². The molecule has 2 saturated carbocycles. The minimum absolute atomic E-state index is 0.0395. The van der Waals surface area contributed by atoms with E-state index in [4.69, 9.17) is 4.74 Å². The van der Waals surface area contributed by atoms with Crippen molar-refractivity contribution in [3.8, 4) is 0 Å². The van der Waals surface area contributed by atoms with Gasteiger partial charge >= 0.3 is 5.97 Å². The number of ketones is 1. The second-order valence-corrected chi connectivity index (χ2v) is 10.3. The summed E-state index contributed by atoms with van der Waals surface area (Å²) in [4.78, 5) is 24.2. The lowest BCUT2D eigenvalue weighted by atomic mass is 9.55. The van der Waals surface area contributed by atoms with E-state index in [2.05, 4.69) is 26.8 Å². The molecule has 4 aliphatic rings. The van der Waals surface area contributed by atoms with Crippen LogP contribution < -0.4 is 0 Å². The van der Waals surface area contributed by atoms with Crippen molar-refractivity contribution in [2.45, 2.75) is 91.6 Å². The standard InChI is InChI=1S/C25H36O3/c1-5-23(27)28-22-8-6-7-17-15-20-16(2)13-18-14-19(26)9-11-24(18,3)21(20)10-12-25(17,22)4/h10,14,16-17,20,22H,5-9,11-13,15H2,1-4H3. The molecular weight excluding hydrogens is 348 g/mol. The maximum Gasteiger partial charge on any atom is 0.305 e. The van der Waals surface area contributed by atoms with Crippen molar-refractivity contribution in [3.63, 3.8) is 0 Å². The summed E-state index contributed by atoms with van der Waals surface area (Å²) in [6, 6.07) is 0. The number of fused-ring (bicyclic) bond motifs is 4. The molecule has 0 amide bonds. The highest BCUT2D eigenvalue weighted by Gasteiger charge is 2.52. The molecule has 3 nitrogen and oxygen atoms in total. The lowest BCUT2D eigenvalue weighted by Gasteiger charge is -2.49. The minimum Gasteiger partial charge on any atom is -0.462 e. The fourth-order valence-corrected chi connectivity index (χ4v) is 6.74. The lowest BCUT2D eigenvalue weighted by molar-refractivity contribution is -0.162. The average molecular weight is 385 g/mol. The van der Waals surface area contributed by atoms with E-state index in [0.717, 1.165) is 32.1 Å². The van der Waals surface area contributed by atoms with Crippen LogP contribution in [0.2, 0.25) is 0 Å². The molecule has 0 aromatic rings. The first-order valence-corrected chi connectivity index (χ1v) is 11.4. The number of hydrogen-bond donors (Lipinski definition) is 0. The molecule has 0 heterocycles. The summed E-state index contributed by atoms with van der Waals surface area (Å²) in [6.45, 7) is 9.00. The molecule has 28 heavy (non-hydrogen) atoms. The summed E-state index contributed by atoms with van der Waals surface area (Å²) in [5.41, 5.74) is 3.05. The van der Waals surface area contributed by atoms with E-state index in [0.29, 0.717) is 36.4 Å². The fraction of sp³-hybridized carbons (Fsp3) is 0.760. The fourth-order valence-electron chi connectivity index (χ4n) is 6.74. The van der Waals surface area contributed by atoms with Gasteiger partial charge in [-0.15, -0.1) is 0 Å². The van der Waals surface area contributed by atoms with Gasteiger partial charge in [0.15, 0.2) is 5.78 Å². The van der Waals surface area contributed by atoms with Gasteiger partial charge in [0, 0.05) is 23.7 Å². The molecule has 3 heteroatoms. The second-order valence-electron chi connectivity index (χ2n) is 10.3. The zero-order valence-corrected chi connectivity index (χ0v) is 18.1. The van der Waals surface area contributed by atoms with Crippen LogP contribution in [0.25, 0.3) is 0 Å². The van der Waals surface area contributed by atoms with Crippen molar-refractivity contribution in [2.75, 3.05) is 0 Å². The van der Waals surface area contributed by atoms with Crippen molar-refractivity contribution >= 4 is 11.8 Å². The van der Waals surface area contributed by atoms with E-state index in [1.807, 2.05) is 13.0 Å². The predicted octanol–water partition coefficient (Wildman–Crippen LogP) is 5.79. The number of ether oxygens (including phenoxy) is 1. The van der Waals surface area contributed by atoms with E-state index < -0.39 is 0 Å². The van der Waals surface area contributed by atoms with Crippen LogP contribution >= 0.6 is 0 Å². The molecular formula is C25H36O3. The van der Waals surface area contributed by atoms with Gasteiger partial charge in [0.1, 0.15) is 6.10 Å². The smallest absolute Gasteiger partial charge is 0.305 e. The van der Waals surface area contributed by atoms with Crippen LogP contribution in [-0.2, 0) is 14.3 Å². The topological polar surface area (TPSA) is 43.4 Å². The lowest BCUT2D eigenvalue weighted by Crippen LogP contribution is -2.45. The molecule has 4 rings (SSSR count). The van der Waals surface area contributed by atoms with Crippen LogP contribution in [0.1, 0.15) is 85.5 Å². The average Bonchev–Trinajstić information content (AvgIpc) is 2.82. The van der Waals surface area contributed by atoms with Gasteiger partial charge in [-0.2, -0.15) is 0 Å². The zero-order chi connectivity index (χ0) is 20.1. The van der Waals surface area contributed by atoms with E-state index in [-0.39, 0.29) is 22.9 Å². The van der Waals surface area contributed by atoms with Crippen LogP contribution in [0.5, 0.6) is 0 Å². The first-order chi connectivity index (χ1) is 13.3. The third-order valence-corrected chi connectivity index (χ3v) is 8.73. The molecule has 0 aliphatic heterocycles. The number of carbonyl (C=O) groups excluding carboxylic acids is 2. The van der Waals surface area contributed by atoms with Crippen molar-refractivity contribution in [1.29, 1.82) is 0 Å². The van der Waals surface area contributed by atoms with Crippen LogP contribution in [0.4, 0.5) is 0 Å². The van der Waals surface area contributed by atoms with Crippen LogP contribution in [0.3, 0.4) is 0 Å². The Bertz CT molecular complexity index is 732. The molecule has 6 unspecified atom stereocenters. The molecule has 0 saturated heterocycles. The van der Waals surface area contributed by atoms with Gasteiger partial charge in [-0.25, -0.2) is 0 Å². The number of carbonyl (C=O) groups is 2. The Morgan fingerprint density at radius 2 is 2.07 bits per heavy atom. The molecule has 0 spiro atoms. The first-order valence-electron chi connectivity index (χ1n) is 11.4. The summed E-state index contributed by atoms with van der Waals surface area (Å²) in [5.74, 6) is 2.04. The highest BCUT2D eigenvalue weighted by Crippen LogP contribution is 2.60. The zero-order valence-electron chi connectivity index (χ0n) is 18.1. The van der Waals surface area contributed by atoms with Crippen molar-refractivity contribution < 1.29 is 14.3 Å². The molecule has 6 atom stereocenters. The highest BCUT2D eigenvalue weighted by molar-refractivity contribution is 5.92. The minimum atomic E-state index is -0.0578. The number of rotatable bonds is 2. The van der Waals surface area contributed by atoms with Crippen LogP contribution in [0.15, 0.2) is 23.3 Å². The third-order valence-electron chi connectivity index (χ3n) is 8.73. The molecule has 0 bridgehead atoms. The summed E-state index contributed by atoms with van der Waals surface area (Å²) in [6.07, 6.45) is 13.3. The molecule has 0 N–H and O–H groups in total. The largest absolute Gasteiger partial charge is 0.462 e. The summed E-state index contributed by atoms with van der Waals surface area (Å²) >= 11 is 0. The number of hydrogen-bond acceptors (Lipinski definition) is 3. The first kappa shape index (κ1) is 19.9. The third kappa shape index (κ3) is 3.09. The van der Waals surface area contributed by atoms with Gasteiger partial charge < -0.3 is 4.74 Å². The van der Waals surface area contributed by atoms with Crippen LogP contribution in [-0.4, -0.2) is 17.9 Å². The normalized spacial score (nSPS) is 42.9. The Morgan fingerprint density at radius 1 is 1.29 bits per heavy atom. The molecule has 2 fully saturated rings. The van der Waals surface area contributed by atoms with Gasteiger partial charge in [-0.05, 0) is 68.8 Å². The monoisotopic (exact) mass is 384 g/mol. The molecule has 0 aromatic carbocycles. The van der Waals surface area contributed by atoms with Gasteiger partial charge in [0.2, 0.25) is 0 Å². The van der Waals surface area contributed by atoms with E-state index in [1.165, 1.54) is 18.4 Å². The highest BCUT2D eigenvalue weighted by atomic mass is 16.5. The van der Waals surface area contributed by atoms with E-state index in [1.54, 1.807) is 5.57 Å². The van der Waals surface area contributed by atoms with E-state index >= 15 is 0 Å². The Hall–Kier alpha value is -1.38. The molecule has 0 aromatic heterocycles. The molecule has 154 valence electrons. The van der Waals surface area contributed by atoms with Gasteiger partial charge in [-0.3, -0.25) is 9.59 Å². The van der Waals surface area contributed by atoms with Crippen molar-refractivity contribution in [1.82, 2.24) is 0 Å². The van der Waals surface area contributed by atoms with Crippen molar-refractivity contribution in [3.05, 3.63) is 23.3 Å². The maximum absolute atomic E-state index is 12.1. The molecule has 4 aliphatic carbocycles. The number of allylic oxidation sites excluding steroid dienone is 4. The number of esters is 1. The van der Waals surface area contributed by atoms with Gasteiger partial charge in [0.25, 0.3) is 0 Å². The summed E-state index contributed by atoms with van der Waals surface area (Å²) < 4.78 is 5.97. The molecule has 0 radical (unpaired) electrons. The van der Waals surface area contributed by atoms with Gasteiger partial charge in [-0.1, -0.05) is 44.9 Å². The van der Waals surface area contributed by atoms with E-state index in [9.17, 15) is 9.59 Å². The van der Waals surface area contributed by atoms with Crippen molar-refractivity contribution in [2.24, 2.45) is 28.6 Å². The quantitative estimate of drug-likeness (QED) is 0.447. The maximum atomic E-state index is 12.1. The Labute approximate surface area is 170 Å². The Morgan fingerprint density at radius 3 is 2.82 bits per heavy atom. The summed E-state index contributed by atoms with van der Waals surface area (Å²) in [5, 5.41) is 0. The Kier molecular flexibility index (Phi) is 5.08.